The van der Waals surface area contributed by atoms with E-state index >= 15 is 0 Å². The summed E-state index contributed by atoms with van der Waals surface area (Å²) in [6.07, 6.45) is 6.26. The second-order valence-electron chi connectivity index (χ2n) is 7.78. The summed E-state index contributed by atoms with van der Waals surface area (Å²) in [6.45, 7) is 4.81. The predicted octanol–water partition coefficient (Wildman–Crippen LogP) is 2.01. The minimum atomic E-state index is -0.0899. The Morgan fingerprint density at radius 2 is 2.09 bits per heavy atom. The van der Waals surface area contributed by atoms with Gasteiger partial charge in [0.1, 0.15) is 29.3 Å². The van der Waals surface area contributed by atoms with Crippen LogP contribution >= 0.6 is 0 Å². The van der Waals surface area contributed by atoms with Gasteiger partial charge in [0.2, 0.25) is 5.91 Å². The Kier molecular flexibility index (Phi) is 5.21. The molecule has 0 spiro atoms. The third-order valence-corrected chi connectivity index (χ3v) is 5.82. The summed E-state index contributed by atoms with van der Waals surface area (Å²) >= 11 is 0. The average molecular weight is 445 g/mol. The molecular weight excluding hydrogens is 422 g/mol. The zero-order valence-electron chi connectivity index (χ0n) is 18.1. The molecule has 0 saturated carbocycles. The number of carbonyl (C=O) groups excluding carboxylic acids is 1. The molecule has 11 nitrogen and oxygen atoms in total. The summed E-state index contributed by atoms with van der Waals surface area (Å²) in [5.74, 6) is 0.980. The van der Waals surface area contributed by atoms with Crippen molar-refractivity contribution in [2.75, 3.05) is 25.9 Å². The fourth-order valence-electron chi connectivity index (χ4n) is 4.15. The number of nitrogens with two attached hydrogens (primary N) is 1. The monoisotopic (exact) mass is 445 g/mol. The van der Waals surface area contributed by atoms with Crippen LogP contribution in [-0.2, 0) is 4.79 Å². The molecule has 5 rings (SSSR count). The van der Waals surface area contributed by atoms with E-state index in [1.807, 2.05) is 28.9 Å². The van der Waals surface area contributed by atoms with Gasteiger partial charge in [-0.1, -0.05) is 11.8 Å². The van der Waals surface area contributed by atoms with Gasteiger partial charge in [-0.2, -0.15) is 5.10 Å². The summed E-state index contributed by atoms with van der Waals surface area (Å²) < 4.78 is 8.70. The van der Waals surface area contributed by atoms with E-state index in [4.69, 9.17) is 15.6 Å². The maximum Gasteiger partial charge on any atom is 0.246 e. The number of ether oxygens (including phenoxy) is 1. The number of piperidine rings is 1. The van der Waals surface area contributed by atoms with Crippen LogP contribution in [0.15, 0.2) is 49.4 Å². The average Bonchev–Trinajstić information content (AvgIpc) is 3.50. The van der Waals surface area contributed by atoms with Crippen molar-refractivity contribution in [1.82, 2.24) is 39.6 Å². The summed E-state index contributed by atoms with van der Waals surface area (Å²) in [5, 5.41) is 14.0. The van der Waals surface area contributed by atoms with Crippen LogP contribution in [0.25, 0.3) is 28.1 Å². The predicted molar refractivity (Wildman–Crippen MR) is 122 cm³/mol. The summed E-state index contributed by atoms with van der Waals surface area (Å²) in [4.78, 5) is 22.6. The number of aromatic nitrogens is 7. The lowest BCUT2D eigenvalue weighted by atomic mass is 10.1. The van der Waals surface area contributed by atoms with Crippen LogP contribution in [0.3, 0.4) is 0 Å². The Hall–Kier alpha value is -4.28. The van der Waals surface area contributed by atoms with Crippen molar-refractivity contribution in [3.8, 4) is 22.8 Å². The van der Waals surface area contributed by atoms with E-state index in [-0.39, 0.29) is 11.9 Å². The zero-order valence-corrected chi connectivity index (χ0v) is 18.1. The first-order chi connectivity index (χ1) is 16.1. The van der Waals surface area contributed by atoms with Crippen LogP contribution in [0.5, 0.6) is 5.75 Å². The standard InChI is InChI=1S/C22H23N9O2/c1-3-18(32)29-10-4-5-15(11-29)31-22-19(21(23)24-13-25-22)20(27-31)17-12-30(28-26-17)14-6-8-16(33-2)9-7-14/h3,6-9,12-13,15H,1,4-5,10-11H2,2H3,(H2,23,24,25)/t15-/m1/s1. The van der Waals surface area contributed by atoms with Crippen LogP contribution in [-0.4, -0.2) is 65.7 Å². The second-order valence-corrected chi connectivity index (χ2v) is 7.78. The van der Waals surface area contributed by atoms with Crippen molar-refractivity contribution in [3.63, 3.8) is 0 Å². The van der Waals surface area contributed by atoms with Gasteiger partial charge < -0.3 is 15.4 Å². The minimum absolute atomic E-state index is 0.0511. The van der Waals surface area contributed by atoms with Gasteiger partial charge in [0.15, 0.2) is 5.65 Å². The lowest BCUT2D eigenvalue weighted by molar-refractivity contribution is -0.127. The molecule has 1 aromatic carbocycles. The molecule has 33 heavy (non-hydrogen) atoms. The molecule has 11 heteroatoms. The van der Waals surface area contributed by atoms with Crippen LogP contribution in [0, 0.1) is 0 Å². The zero-order chi connectivity index (χ0) is 22.9. The van der Waals surface area contributed by atoms with Crippen LogP contribution < -0.4 is 10.5 Å². The van der Waals surface area contributed by atoms with Crippen molar-refractivity contribution >= 4 is 22.8 Å². The van der Waals surface area contributed by atoms with Crippen molar-refractivity contribution in [2.24, 2.45) is 0 Å². The third kappa shape index (κ3) is 3.67. The molecular formula is C22H23N9O2. The van der Waals surface area contributed by atoms with E-state index in [0.29, 0.717) is 41.3 Å². The van der Waals surface area contributed by atoms with Gasteiger partial charge in [-0.05, 0) is 43.2 Å². The summed E-state index contributed by atoms with van der Waals surface area (Å²) in [5.41, 5.74) is 8.76. The number of nitrogen functional groups attached to an aromatic ring is 1. The molecule has 0 aliphatic carbocycles. The molecule has 2 N–H and O–H groups in total. The Labute approximate surface area is 189 Å². The van der Waals surface area contributed by atoms with Crippen LogP contribution in [0.4, 0.5) is 5.82 Å². The molecule has 1 amide bonds. The molecule has 1 atom stereocenters. The second kappa shape index (κ2) is 8.34. The number of likely N-dealkylation sites (tertiary alicyclic amines) is 1. The van der Waals surface area contributed by atoms with Crippen molar-refractivity contribution in [2.45, 2.75) is 18.9 Å². The minimum Gasteiger partial charge on any atom is -0.497 e. The Balaban J connectivity index is 1.55. The highest BCUT2D eigenvalue weighted by molar-refractivity contribution is 5.97. The van der Waals surface area contributed by atoms with Crippen LogP contribution in [0.2, 0.25) is 0 Å². The molecule has 0 radical (unpaired) electrons. The SMILES string of the molecule is C=CC(=O)N1CCC[C@@H](n2nc(-c3cn(-c4ccc(OC)cc4)nn3)c3c(N)ncnc32)C1. The van der Waals surface area contributed by atoms with E-state index in [1.54, 1.807) is 22.9 Å². The van der Waals surface area contributed by atoms with E-state index in [0.717, 1.165) is 24.3 Å². The van der Waals surface area contributed by atoms with E-state index in [2.05, 4.69) is 26.9 Å². The number of hydrogen-bond donors (Lipinski definition) is 1. The smallest absolute Gasteiger partial charge is 0.246 e. The highest BCUT2D eigenvalue weighted by Crippen LogP contribution is 2.33. The molecule has 0 unspecified atom stereocenters. The first kappa shape index (κ1) is 20.6. The number of amides is 1. The van der Waals surface area contributed by atoms with Crippen molar-refractivity contribution in [1.29, 1.82) is 0 Å². The van der Waals surface area contributed by atoms with E-state index < -0.39 is 0 Å². The number of methoxy groups -OCH3 is 1. The molecule has 0 bridgehead atoms. The summed E-state index contributed by atoms with van der Waals surface area (Å²) in [7, 11) is 1.62. The number of carbonyl (C=O) groups is 1. The van der Waals surface area contributed by atoms with Gasteiger partial charge in [0.05, 0.1) is 30.4 Å². The molecule has 4 aromatic rings. The first-order valence-electron chi connectivity index (χ1n) is 10.6. The molecule has 1 aliphatic heterocycles. The summed E-state index contributed by atoms with van der Waals surface area (Å²) in [6, 6.07) is 7.43. The van der Waals surface area contributed by atoms with E-state index in [1.165, 1.54) is 12.4 Å². The van der Waals surface area contributed by atoms with E-state index in [9.17, 15) is 4.79 Å². The van der Waals surface area contributed by atoms with Gasteiger partial charge in [-0.15, -0.1) is 5.10 Å². The number of benzene rings is 1. The molecule has 4 heterocycles. The van der Waals surface area contributed by atoms with Gasteiger partial charge in [-0.3, -0.25) is 4.79 Å². The lowest BCUT2D eigenvalue weighted by Gasteiger charge is -2.32. The van der Waals surface area contributed by atoms with Gasteiger partial charge in [0, 0.05) is 13.1 Å². The lowest BCUT2D eigenvalue weighted by Crippen LogP contribution is -2.40. The van der Waals surface area contributed by atoms with Gasteiger partial charge in [0.25, 0.3) is 0 Å². The van der Waals surface area contributed by atoms with Crippen LogP contribution in [0.1, 0.15) is 18.9 Å². The topological polar surface area (TPSA) is 130 Å². The maximum absolute atomic E-state index is 12.2. The fraction of sp³-hybridized carbons (Fsp3) is 0.273. The first-order valence-corrected chi connectivity index (χ1v) is 10.6. The molecule has 168 valence electrons. The third-order valence-electron chi connectivity index (χ3n) is 5.82. The largest absolute Gasteiger partial charge is 0.497 e. The molecule has 1 saturated heterocycles. The highest BCUT2D eigenvalue weighted by atomic mass is 16.5. The quantitative estimate of drug-likeness (QED) is 0.462. The van der Waals surface area contributed by atoms with Gasteiger partial charge >= 0.3 is 0 Å². The molecule has 3 aromatic heterocycles. The maximum atomic E-state index is 12.2. The fourth-order valence-corrected chi connectivity index (χ4v) is 4.15. The molecule has 1 aliphatic rings. The molecule has 1 fully saturated rings. The van der Waals surface area contributed by atoms with Gasteiger partial charge in [-0.25, -0.2) is 19.3 Å². The Bertz CT molecular complexity index is 1330. The van der Waals surface area contributed by atoms with Crippen molar-refractivity contribution < 1.29 is 9.53 Å². The van der Waals surface area contributed by atoms with Crippen molar-refractivity contribution in [3.05, 3.63) is 49.4 Å². The number of anilines is 1. The number of rotatable bonds is 5. The number of hydrogen-bond acceptors (Lipinski definition) is 8. The normalized spacial score (nSPS) is 16.2. The Morgan fingerprint density at radius 3 is 2.85 bits per heavy atom. The highest BCUT2D eigenvalue weighted by Gasteiger charge is 2.28. The number of nitrogens with zero attached hydrogens (tertiary/aromatic N) is 8. The Morgan fingerprint density at radius 1 is 1.27 bits per heavy atom. The number of fused-ring (bicyclic) bond motifs is 1.